The summed E-state index contributed by atoms with van der Waals surface area (Å²) in [4.78, 5) is 11.9. The molecule has 3 heteroatoms. The lowest BCUT2D eigenvalue weighted by molar-refractivity contribution is -0.128. The zero-order chi connectivity index (χ0) is 13.5. The molecule has 0 saturated carbocycles. The van der Waals surface area contributed by atoms with Gasteiger partial charge in [0.15, 0.2) is 6.10 Å². The Hall–Kier alpha value is -1.51. The first-order valence-electron chi connectivity index (χ1n) is 6.60. The number of hydrogen-bond acceptors (Lipinski definition) is 2. The zero-order valence-electron chi connectivity index (χ0n) is 11.7. The summed E-state index contributed by atoms with van der Waals surface area (Å²) in [6.45, 7) is 8.79. The van der Waals surface area contributed by atoms with Crippen LogP contribution in [-0.2, 0) is 4.79 Å². The first-order chi connectivity index (χ1) is 8.58. The van der Waals surface area contributed by atoms with Gasteiger partial charge in [-0.3, -0.25) is 4.79 Å². The number of benzene rings is 1. The lowest BCUT2D eigenvalue weighted by atomic mass is 10.1. The molecule has 0 radical (unpaired) electrons. The molecular formula is C15H23NO2. The van der Waals surface area contributed by atoms with Crippen molar-refractivity contribution in [3.63, 3.8) is 0 Å². The van der Waals surface area contributed by atoms with E-state index >= 15 is 0 Å². The Morgan fingerprint density at radius 3 is 2.56 bits per heavy atom. The van der Waals surface area contributed by atoms with E-state index in [9.17, 15) is 4.79 Å². The van der Waals surface area contributed by atoms with Crippen molar-refractivity contribution in [2.45, 2.75) is 46.6 Å². The maximum Gasteiger partial charge on any atom is 0.261 e. The Kier molecular flexibility index (Phi) is 5.69. The molecule has 0 heterocycles. The molecule has 0 unspecified atom stereocenters. The average Bonchev–Trinajstić information content (AvgIpc) is 2.37. The summed E-state index contributed by atoms with van der Waals surface area (Å²) in [5.41, 5.74) is 2.40. The second-order valence-corrected chi connectivity index (χ2v) is 4.55. The van der Waals surface area contributed by atoms with E-state index in [1.165, 1.54) is 11.1 Å². The first kappa shape index (κ1) is 14.6. The molecule has 0 aliphatic carbocycles. The standard InChI is InChI=1S/C15H23NO2/c1-5-9-16-15(17)14(6-2)18-13-8-7-11(3)12(4)10-13/h7-8,10,14H,5-6,9H2,1-4H3,(H,16,17)/t14-/m0/s1. The van der Waals surface area contributed by atoms with Gasteiger partial charge >= 0.3 is 0 Å². The van der Waals surface area contributed by atoms with Crippen molar-refractivity contribution in [2.24, 2.45) is 0 Å². The summed E-state index contributed by atoms with van der Waals surface area (Å²) in [5.74, 6) is 0.731. The molecule has 1 aromatic carbocycles. The number of hydrogen-bond donors (Lipinski definition) is 1. The maximum atomic E-state index is 11.9. The molecule has 3 nitrogen and oxygen atoms in total. The smallest absolute Gasteiger partial charge is 0.261 e. The van der Waals surface area contributed by atoms with Crippen molar-refractivity contribution in [3.8, 4) is 5.75 Å². The van der Waals surface area contributed by atoms with Gasteiger partial charge in [-0.15, -0.1) is 0 Å². The SMILES string of the molecule is CCCNC(=O)[C@H](CC)Oc1ccc(C)c(C)c1. The maximum absolute atomic E-state index is 11.9. The van der Waals surface area contributed by atoms with Crippen LogP contribution in [0.5, 0.6) is 5.75 Å². The molecule has 18 heavy (non-hydrogen) atoms. The predicted octanol–water partition coefficient (Wildman–Crippen LogP) is 2.99. The Morgan fingerprint density at radius 1 is 1.28 bits per heavy atom. The summed E-state index contributed by atoms with van der Waals surface area (Å²) < 4.78 is 5.75. The molecule has 0 saturated heterocycles. The van der Waals surface area contributed by atoms with Crippen molar-refractivity contribution in [3.05, 3.63) is 29.3 Å². The fourth-order valence-electron chi connectivity index (χ4n) is 1.64. The Labute approximate surface area is 110 Å². The monoisotopic (exact) mass is 249 g/mol. The quantitative estimate of drug-likeness (QED) is 0.841. The highest BCUT2D eigenvalue weighted by Crippen LogP contribution is 2.18. The van der Waals surface area contributed by atoms with Crippen molar-refractivity contribution in [1.29, 1.82) is 0 Å². The molecule has 1 atom stereocenters. The zero-order valence-corrected chi connectivity index (χ0v) is 11.7. The molecule has 1 N–H and O–H groups in total. The minimum Gasteiger partial charge on any atom is -0.481 e. The number of aryl methyl sites for hydroxylation is 2. The summed E-state index contributed by atoms with van der Waals surface area (Å²) in [5, 5.41) is 2.87. The minimum atomic E-state index is -0.404. The van der Waals surface area contributed by atoms with E-state index in [1.54, 1.807) is 0 Å². The number of amides is 1. The largest absolute Gasteiger partial charge is 0.481 e. The Balaban J connectivity index is 2.67. The molecule has 0 aliphatic heterocycles. The van der Waals surface area contributed by atoms with Gasteiger partial charge < -0.3 is 10.1 Å². The van der Waals surface area contributed by atoms with Gasteiger partial charge in [-0.25, -0.2) is 0 Å². The van der Waals surface area contributed by atoms with Gasteiger partial charge in [-0.2, -0.15) is 0 Å². The number of nitrogens with one attached hydrogen (secondary N) is 1. The summed E-state index contributed by atoms with van der Waals surface area (Å²) in [6, 6.07) is 5.91. The van der Waals surface area contributed by atoms with Gasteiger partial charge in [0.1, 0.15) is 5.75 Å². The van der Waals surface area contributed by atoms with E-state index in [4.69, 9.17) is 4.74 Å². The third kappa shape index (κ3) is 4.06. The van der Waals surface area contributed by atoms with E-state index in [-0.39, 0.29) is 5.91 Å². The number of rotatable bonds is 6. The number of carbonyl (C=O) groups is 1. The van der Waals surface area contributed by atoms with Crippen molar-refractivity contribution in [2.75, 3.05) is 6.54 Å². The van der Waals surface area contributed by atoms with E-state index in [1.807, 2.05) is 39.0 Å². The Bertz CT molecular complexity index is 401. The molecule has 0 aromatic heterocycles. The van der Waals surface area contributed by atoms with Crippen molar-refractivity contribution >= 4 is 5.91 Å². The van der Waals surface area contributed by atoms with Gasteiger partial charge in [-0.05, 0) is 49.9 Å². The van der Waals surface area contributed by atoms with Crippen LogP contribution in [0.1, 0.15) is 37.8 Å². The number of carbonyl (C=O) groups excluding carboxylic acids is 1. The molecule has 1 rings (SSSR count). The van der Waals surface area contributed by atoms with Crippen LogP contribution in [0.15, 0.2) is 18.2 Å². The second kappa shape index (κ2) is 7.04. The predicted molar refractivity (Wildman–Crippen MR) is 73.9 cm³/mol. The van der Waals surface area contributed by atoms with Crippen LogP contribution in [0.3, 0.4) is 0 Å². The lowest BCUT2D eigenvalue weighted by Crippen LogP contribution is -2.38. The molecule has 0 aliphatic rings. The van der Waals surface area contributed by atoms with Crippen LogP contribution >= 0.6 is 0 Å². The number of ether oxygens (including phenoxy) is 1. The first-order valence-corrected chi connectivity index (χ1v) is 6.60. The van der Waals surface area contributed by atoms with Gasteiger partial charge in [0, 0.05) is 6.54 Å². The topological polar surface area (TPSA) is 38.3 Å². The molecule has 1 aromatic rings. The fraction of sp³-hybridized carbons (Fsp3) is 0.533. The van der Waals surface area contributed by atoms with Crippen LogP contribution < -0.4 is 10.1 Å². The van der Waals surface area contributed by atoms with Gasteiger partial charge in [0.2, 0.25) is 0 Å². The normalized spacial score (nSPS) is 12.0. The molecule has 1 amide bonds. The fourth-order valence-corrected chi connectivity index (χ4v) is 1.64. The van der Waals surface area contributed by atoms with Crippen LogP contribution in [0, 0.1) is 13.8 Å². The van der Waals surface area contributed by atoms with Crippen LogP contribution in [0.4, 0.5) is 0 Å². The molecule has 0 spiro atoms. The van der Waals surface area contributed by atoms with Crippen molar-refractivity contribution < 1.29 is 9.53 Å². The van der Waals surface area contributed by atoms with Crippen LogP contribution in [0.2, 0.25) is 0 Å². The van der Waals surface area contributed by atoms with E-state index in [2.05, 4.69) is 12.2 Å². The Morgan fingerprint density at radius 2 is 2.00 bits per heavy atom. The average molecular weight is 249 g/mol. The molecule has 0 fully saturated rings. The second-order valence-electron chi connectivity index (χ2n) is 4.55. The van der Waals surface area contributed by atoms with Gasteiger partial charge in [0.05, 0.1) is 0 Å². The van der Waals surface area contributed by atoms with E-state index < -0.39 is 6.10 Å². The summed E-state index contributed by atoms with van der Waals surface area (Å²) in [7, 11) is 0. The van der Waals surface area contributed by atoms with Gasteiger partial charge in [0.25, 0.3) is 5.91 Å². The van der Waals surface area contributed by atoms with Gasteiger partial charge in [-0.1, -0.05) is 19.9 Å². The van der Waals surface area contributed by atoms with E-state index in [0.29, 0.717) is 13.0 Å². The van der Waals surface area contributed by atoms with Crippen molar-refractivity contribution in [1.82, 2.24) is 5.32 Å². The lowest BCUT2D eigenvalue weighted by Gasteiger charge is -2.17. The minimum absolute atomic E-state index is 0.0300. The highest BCUT2D eigenvalue weighted by molar-refractivity contribution is 5.81. The molecule has 100 valence electrons. The van der Waals surface area contributed by atoms with Crippen LogP contribution in [0.25, 0.3) is 0 Å². The molecule has 0 bridgehead atoms. The third-order valence-electron chi connectivity index (χ3n) is 2.97. The van der Waals surface area contributed by atoms with E-state index in [0.717, 1.165) is 12.2 Å². The summed E-state index contributed by atoms with van der Waals surface area (Å²) in [6.07, 6.45) is 1.20. The highest BCUT2D eigenvalue weighted by Gasteiger charge is 2.17. The third-order valence-corrected chi connectivity index (χ3v) is 2.97. The highest BCUT2D eigenvalue weighted by atomic mass is 16.5. The summed E-state index contributed by atoms with van der Waals surface area (Å²) >= 11 is 0. The molecular weight excluding hydrogens is 226 g/mol. The van der Waals surface area contributed by atoms with Crippen LogP contribution in [-0.4, -0.2) is 18.6 Å².